The normalized spacial score (nSPS) is 19.7. The van der Waals surface area contributed by atoms with Gasteiger partial charge in [0.05, 0.1) is 0 Å². The predicted molar refractivity (Wildman–Crippen MR) is 72.5 cm³/mol. The zero-order valence-electron chi connectivity index (χ0n) is 10.9. The largest absolute Gasteiger partial charge is 0.373 e. The molecule has 0 bridgehead atoms. The molecular weight excluding hydrogens is 226 g/mol. The van der Waals surface area contributed by atoms with Crippen LogP contribution in [0.1, 0.15) is 49.7 Å². The fraction of sp³-hybridized carbons (Fsp3) is 0.500. The molecule has 0 aromatic carbocycles. The molecule has 1 unspecified atom stereocenters. The zero-order chi connectivity index (χ0) is 13.1. The van der Waals surface area contributed by atoms with Crippen LogP contribution in [0.25, 0.3) is 0 Å². The molecular formula is C14H19N3O. The van der Waals surface area contributed by atoms with Gasteiger partial charge in [0.1, 0.15) is 11.6 Å². The van der Waals surface area contributed by atoms with Crippen molar-refractivity contribution in [2.45, 2.75) is 38.5 Å². The van der Waals surface area contributed by atoms with E-state index in [-0.39, 0.29) is 5.92 Å². The molecule has 1 atom stereocenters. The third kappa shape index (κ3) is 2.42. The van der Waals surface area contributed by atoms with E-state index >= 15 is 0 Å². The van der Waals surface area contributed by atoms with Gasteiger partial charge in [0, 0.05) is 36.9 Å². The van der Waals surface area contributed by atoms with Crippen LogP contribution in [0.4, 0.5) is 5.82 Å². The Morgan fingerprint density at radius 2 is 2.28 bits per heavy atom. The van der Waals surface area contributed by atoms with Gasteiger partial charge in [0.25, 0.3) is 0 Å². The lowest BCUT2D eigenvalue weighted by molar-refractivity contribution is -0.121. The molecule has 4 heteroatoms. The second-order valence-electron chi connectivity index (χ2n) is 4.80. The fourth-order valence-corrected chi connectivity index (χ4v) is 2.49. The quantitative estimate of drug-likeness (QED) is 0.805. The van der Waals surface area contributed by atoms with E-state index in [2.05, 4.69) is 10.3 Å². The summed E-state index contributed by atoms with van der Waals surface area (Å²) in [6, 6.07) is 1.94. The maximum Gasteiger partial charge on any atom is 0.140 e. The lowest BCUT2D eigenvalue weighted by atomic mass is 9.83. The molecule has 1 aromatic rings. The summed E-state index contributed by atoms with van der Waals surface area (Å²) in [6.07, 6.45) is 5.47. The van der Waals surface area contributed by atoms with E-state index in [0.717, 1.165) is 30.4 Å². The minimum absolute atomic E-state index is 0.0183. The number of aromatic nitrogens is 1. The number of anilines is 1. The first-order valence-corrected chi connectivity index (χ1v) is 6.39. The number of pyridine rings is 1. The first-order valence-electron chi connectivity index (χ1n) is 6.39. The summed E-state index contributed by atoms with van der Waals surface area (Å²) in [7, 11) is 1.79. The summed E-state index contributed by atoms with van der Waals surface area (Å²) >= 11 is 0. The van der Waals surface area contributed by atoms with E-state index in [0.29, 0.717) is 23.7 Å². The average Bonchev–Trinajstić information content (AvgIpc) is 2.38. The van der Waals surface area contributed by atoms with Gasteiger partial charge in [-0.2, -0.15) is 0 Å². The highest BCUT2D eigenvalue weighted by atomic mass is 16.1. The number of carbonyl (C=O) groups excluding carboxylic acids is 1. The van der Waals surface area contributed by atoms with Gasteiger partial charge >= 0.3 is 0 Å². The molecule has 0 aliphatic heterocycles. The van der Waals surface area contributed by atoms with Crippen molar-refractivity contribution >= 4 is 17.3 Å². The molecule has 2 rings (SSSR count). The molecule has 18 heavy (non-hydrogen) atoms. The van der Waals surface area contributed by atoms with Crippen LogP contribution in [-0.4, -0.2) is 23.5 Å². The molecule has 1 saturated carbocycles. The number of Topliss-reactive ketones (excluding diaryl/α,β-unsaturated/α-hetero) is 1. The maximum atomic E-state index is 11.9. The van der Waals surface area contributed by atoms with E-state index < -0.39 is 0 Å². The molecule has 1 heterocycles. The molecule has 0 saturated heterocycles. The van der Waals surface area contributed by atoms with Gasteiger partial charge in [-0.1, -0.05) is 6.42 Å². The highest BCUT2D eigenvalue weighted by molar-refractivity contribution is 6.01. The topological polar surface area (TPSA) is 65.8 Å². The minimum Gasteiger partial charge on any atom is -0.373 e. The van der Waals surface area contributed by atoms with E-state index in [1.54, 1.807) is 20.2 Å². The van der Waals surface area contributed by atoms with Crippen LogP contribution < -0.4 is 5.32 Å². The van der Waals surface area contributed by atoms with Crippen LogP contribution in [0.15, 0.2) is 12.3 Å². The Hall–Kier alpha value is -1.71. The highest BCUT2D eigenvalue weighted by Crippen LogP contribution is 2.31. The van der Waals surface area contributed by atoms with Gasteiger partial charge in [-0.15, -0.1) is 0 Å². The van der Waals surface area contributed by atoms with Crippen LogP contribution in [0, 0.1) is 5.41 Å². The third-order valence-corrected chi connectivity index (χ3v) is 3.51. The summed E-state index contributed by atoms with van der Waals surface area (Å²) in [4.78, 5) is 16.3. The molecule has 1 fully saturated rings. The standard InChI is InChI=1S/C14H19N3O/c1-9(15)12-7-10(8-17-14(12)16-2)11-5-3-4-6-13(11)18/h7-8,11,15H,3-6H2,1-2H3,(H,16,17). The number of rotatable bonds is 3. The summed E-state index contributed by atoms with van der Waals surface area (Å²) in [6.45, 7) is 1.74. The predicted octanol–water partition coefficient (Wildman–Crippen LogP) is 2.74. The maximum absolute atomic E-state index is 11.9. The van der Waals surface area contributed by atoms with Crippen molar-refractivity contribution < 1.29 is 4.79 Å². The molecule has 96 valence electrons. The molecule has 1 aliphatic rings. The van der Waals surface area contributed by atoms with Crippen LogP contribution in [0.3, 0.4) is 0 Å². The number of nitrogens with one attached hydrogen (secondary N) is 2. The monoisotopic (exact) mass is 245 g/mol. The Morgan fingerprint density at radius 1 is 1.50 bits per heavy atom. The van der Waals surface area contributed by atoms with Crippen molar-refractivity contribution in [3.63, 3.8) is 0 Å². The number of carbonyl (C=O) groups is 1. The Labute approximate surface area is 107 Å². The van der Waals surface area contributed by atoms with Crippen molar-refractivity contribution in [2.75, 3.05) is 12.4 Å². The lowest BCUT2D eigenvalue weighted by Gasteiger charge is -2.21. The van der Waals surface area contributed by atoms with Gasteiger partial charge in [0.15, 0.2) is 0 Å². The number of hydrogen-bond acceptors (Lipinski definition) is 4. The van der Waals surface area contributed by atoms with Gasteiger partial charge in [-0.05, 0) is 31.4 Å². The van der Waals surface area contributed by atoms with Crippen molar-refractivity contribution in [3.8, 4) is 0 Å². The highest BCUT2D eigenvalue weighted by Gasteiger charge is 2.24. The molecule has 0 spiro atoms. The average molecular weight is 245 g/mol. The Bertz CT molecular complexity index is 482. The summed E-state index contributed by atoms with van der Waals surface area (Å²) in [5, 5.41) is 10.8. The van der Waals surface area contributed by atoms with Gasteiger partial charge < -0.3 is 10.7 Å². The van der Waals surface area contributed by atoms with Crippen LogP contribution >= 0.6 is 0 Å². The van der Waals surface area contributed by atoms with Crippen LogP contribution in [0.2, 0.25) is 0 Å². The lowest BCUT2D eigenvalue weighted by Crippen LogP contribution is -2.18. The second-order valence-corrected chi connectivity index (χ2v) is 4.80. The van der Waals surface area contributed by atoms with E-state index in [4.69, 9.17) is 5.41 Å². The Morgan fingerprint density at radius 3 is 2.89 bits per heavy atom. The van der Waals surface area contributed by atoms with E-state index in [1.165, 1.54) is 0 Å². The van der Waals surface area contributed by atoms with Crippen molar-refractivity contribution in [1.29, 1.82) is 5.41 Å². The molecule has 0 radical (unpaired) electrons. The fourth-order valence-electron chi connectivity index (χ4n) is 2.49. The Kier molecular flexibility index (Phi) is 3.75. The second kappa shape index (κ2) is 5.29. The number of ketones is 1. The molecule has 2 N–H and O–H groups in total. The molecule has 0 amide bonds. The van der Waals surface area contributed by atoms with Gasteiger partial charge in [-0.25, -0.2) is 4.98 Å². The van der Waals surface area contributed by atoms with Crippen LogP contribution in [0.5, 0.6) is 0 Å². The summed E-state index contributed by atoms with van der Waals surface area (Å²) in [5.41, 5.74) is 2.21. The van der Waals surface area contributed by atoms with Crippen molar-refractivity contribution in [1.82, 2.24) is 4.98 Å². The number of nitrogens with zero attached hydrogens (tertiary/aromatic N) is 1. The third-order valence-electron chi connectivity index (χ3n) is 3.51. The summed E-state index contributed by atoms with van der Waals surface area (Å²) in [5.74, 6) is 0.999. The number of hydrogen-bond donors (Lipinski definition) is 2. The van der Waals surface area contributed by atoms with Gasteiger partial charge in [0.2, 0.25) is 0 Å². The van der Waals surface area contributed by atoms with Crippen LogP contribution in [-0.2, 0) is 4.79 Å². The van der Waals surface area contributed by atoms with Gasteiger partial charge in [-0.3, -0.25) is 4.79 Å². The summed E-state index contributed by atoms with van der Waals surface area (Å²) < 4.78 is 0. The first-order chi connectivity index (χ1) is 8.63. The minimum atomic E-state index is -0.0183. The van der Waals surface area contributed by atoms with E-state index in [1.807, 2.05) is 6.07 Å². The Balaban J connectivity index is 2.36. The zero-order valence-corrected chi connectivity index (χ0v) is 10.9. The molecule has 1 aromatic heterocycles. The van der Waals surface area contributed by atoms with Crippen molar-refractivity contribution in [3.05, 3.63) is 23.4 Å². The molecule has 1 aliphatic carbocycles. The first kappa shape index (κ1) is 12.7. The van der Waals surface area contributed by atoms with Crippen molar-refractivity contribution in [2.24, 2.45) is 0 Å². The SMILES string of the molecule is CNc1ncc(C2CCCCC2=O)cc1C(C)=N. The van der Waals surface area contributed by atoms with E-state index in [9.17, 15) is 4.79 Å². The molecule has 4 nitrogen and oxygen atoms in total. The smallest absolute Gasteiger partial charge is 0.140 e.